The maximum Gasteiger partial charge on any atom is 0.310 e. The van der Waals surface area contributed by atoms with Crippen LogP contribution in [0.1, 0.15) is 64.7 Å². The van der Waals surface area contributed by atoms with Crippen molar-refractivity contribution < 1.29 is 9.53 Å². The molecular weight excluding hydrogens is 248 g/mol. The molecule has 2 nitrogen and oxygen atoms in total. The Balaban J connectivity index is 2.83. The summed E-state index contributed by atoms with van der Waals surface area (Å²) in [4.78, 5) is 12.4. The number of aryl methyl sites for hydroxylation is 1. The number of carbonyl (C=O) groups excluding carboxylic acids is 1. The molecule has 2 unspecified atom stereocenters. The fraction of sp³-hybridized carbons (Fsp3) is 0.611. The van der Waals surface area contributed by atoms with Crippen LogP contribution in [-0.4, -0.2) is 5.97 Å². The Kier molecular flexibility index (Phi) is 5.79. The van der Waals surface area contributed by atoms with Crippen LogP contribution in [0.25, 0.3) is 0 Å². The van der Waals surface area contributed by atoms with E-state index in [1.54, 1.807) is 0 Å². The highest BCUT2D eigenvalue weighted by Crippen LogP contribution is 2.32. The topological polar surface area (TPSA) is 26.3 Å². The van der Waals surface area contributed by atoms with E-state index >= 15 is 0 Å². The lowest BCUT2D eigenvalue weighted by Crippen LogP contribution is -2.30. The largest absolute Gasteiger partial charge is 0.457 e. The van der Waals surface area contributed by atoms with Crippen LogP contribution < -0.4 is 0 Å². The number of benzene rings is 1. The zero-order valence-corrected chi connectivity index (χ0v) is 13.7. The first-order valence-corrected chi connectivity index (χ1v) is 7.56. The van der Waals surface area contributed by atoms with Crippen LogP contribution in [0, 0.1) is 18.3 Å². The van der Waals surface area contributed by atoms with Crippen molar-refractivity contribution >= 4 is 5.97 Å². The highest BCUT2D eigenvalue weighted by molar-refractivity contribution is 5.73. The van der Waals surface area contributed by atoms with Gasteiger partial charge in [0, 0.05) is 0 Å². The van der Waals surface area contributed by atoms with E-state index in [9.17, 15) is 4.79 Å². The molecule has 2 heteroatoms. The molecular formula is C18H28O2. The first-order chi connectivity index (χ1) is 9.29. The van der Waals surface area contributed by atoms with Crippen LogP contribution in [-0.2, 0) is 9.53 Å². The Morgan fingerprint density at radius 3 is 2.05 bits per heavy atom. The van der Waals surface area contributed by atoms with Gasteiger partial charge in [-0.2, -0.15) is 0 Å². The average molecular weight is 276 g/mol. The van der Waals surface area contributed by atoms with Gasteiger partial charge in [-0.15, -0.1) is 0 Å². The molecule has 0 saturated carbocycles. The van der Waals surface area contributed by atoms with Crippen molar-refractivity contribution in [3.63, 3.8) is 0 Å². The molecule has 0 N–H and O–H groups in total. The van der Waals surface area contributed by atoms with Crippen LogP contribution in [0.3, 0.4) is 0 Å². The number of ether oxygens (including phenoxy) is 1. The van der Waals surface area contributed by atoms with Crippen LogP contribution in [0.15, 0.2) is 24.3 Å². The van der Waals surface area contributed by atoms with E-state index in [0.717, 1.165) is 18.4 Å². The SMILES string of the molecule is CCC(OC(=O)C(CC)C(C)(C)C)c1ccc(C)cc1. The summed E-state index contributed by atoms with van der Waals surface area (Å²) in [6, 6.07) is 8.23. The molecule has 1 aromatic carbocycles. The first kappa shape index (κ1) is 16.7. The summed E-state index contributed by atoms with van der Waals surface area (Å²) in [5.41, 5.74) is 2.24. The number of hydrogen-bond donors (Lipinski definition) is 0. The molecule has 0 aliphatic heterocycles. The van der Waals surface area contributed by atoms with Gasteiger partial charge in [-0.25, -0.2) is 0 Å². The van der Waals surface area contributed by atoms with Gasteiger partial charge in [-0.1, -0.05) is 64.4 Å². The van der Waals surface area contributed by atoms with Crippen molar-refractivity contribution in [2.24, 2.45) is 11.3 Å². The minimum absolute atomic E-state index is 0.0537. The van der Waals surface area contributed by atoms with Gasteiger partial charge in [0.15, 0.2) is 0 Å². The Hall–Kier alpha value is -1.31. The van der Waals surface area contributed by atoms with Crippen molar-refractivity contribution in [3.05, 3.63) is 35.4 Å². The third-order valence-electron chi connectivity index (χ3n) is 3.82. The van der Waals surface area contributed by atoms with Gasteiger partial charge >= 0.3 is 5.97 Å². The lowest BCUT2D eigenvalue weighted by Gasteiger charge is -2.29. The summed E-state index contributed by atoms with van der Waals surface area (Å²) in [6.45, 7) is 12.4. The fourth-order valence-corrected chi connectivity index (χ4v) is 2.52. The van der Waals surface area contributed by atoms with Gasteiger partial charge in [0.2, 0.25) is 0 Å². The molecule has 0 aliphatic carbocycles. The third-order valence-corrected chi connectivity index (χ3v) is 3.82. The second-order valence-electron chi connectivity index (χ2n) is 6.57. The van der Waals surface area contributed by atoms with Crippen molar-refractivity contribution in [3.8, 4) is 0 Å². The summed E-state index contributed by atoms with van der Waals surface area (Å²) < 4.78 is 5.77. The molecule has 0 saturated heterocycles. The van der Waals surface area contributed by atoms with Gasteiger partial charge in [-0.3, -0.25) is 4.79 Å². The molecule has 0 fully saturated rings. The molecule has 0 aromatic heterocycles. The first-order valence-electron chi connectivity index (χ1n) is 7.56. The van der Waals surface area contributed by atoms with E-state index in [1.807, 2.05) is 6.92 Å². The van der Waals surface area contributed by atoms with Gasteiger partial charge in [0.05, 0.1) is 5.92 Å². The lowest BCUT2D eigenvalue weighted by atomic mass is 9.79. The smallest absolute Gasteiger partial charge is 0.310 e. The van der Waals surface area contributed by atoms with Crippen LogP contribution in [0.4, 0.5) is 0 Å². The van der Waals surface area contributed by atoms with Crippen molar-refractivity contribution in [2.45, 2.75) is 60.5 Å². The Morgan fingerprint density at radius 2 is 1.65 bits per heavy atom. The van der Waals surface area contributed by atoms with Crippen LogP contribution in [0.2, 0.25) is 0 Å². The molecule has 20 heavy (non-hydrogen) atoms. The predicted molar refractivity (Wildman–Crippen MR) is 83.5 cm³/mol. The number of hydrogen-bond acceptors (Lipinski definition) is 2. The zero-order chi connectivity index (χ0) is 15.3. The average Bonchev–Trinajstić information content (AvgIpc) is 2.36. The highest BCUT2D eigenvalue weighted by atomic mass is 16.5. The Labute approximate surface area is 123 Å². The van der Waals surface area contributed by atoms with Gasteiger partial charge in [0.25, 0.3) is 0 Å². The summed E-state index contributed by atoms with van der Waals surface area (Å²) in [5.74, 6) is -0.130. The van der Waals surface area contributed by atoms with Gasteiger partial charge < -0.3 is 4.74 Å². The van der Waals surface area contributed by atoms with Crippen LogP contribution >= 0.6 is 0 Å². The number of carbonyl (C=O) groups is 1. The molecule has 0 radical (unpaired) electrons. The van der Waals surface area contributed by atoms with E-state index in [1.165, 1.54) is 5.56 Å². The third kappa shape index (κ3) is 4.36. The van der Waals surface area contributed by atoms with E-state index in [0.29, 0.717) is 0 Å². The summed E-state index contributed by atoms with van der Waals surface area (Å²) in [5, 5.41) is 0. The fourth-order valence-electron chi connectivity index (χ4n) is 2.52. The summed E-state index contributed by atoms with van der Waals surface area (Å²) in [7, 11) is 0. The normalized spacial score (nSPS) is 14.7. The minimum Gasteiger partial charge on any atom is -0.457 e. The molecule has 0 bridgehead atoms. The van der Waals surface area contributed by atoms with Crippen molar-refractivity contribution in [1.82, 2.24) is 0 Å². The van der Waals surface area contributed by atoms with Gasteiger partial charge in [-0.05, 0) is 30.7 Å². The quantitative estimate of drug-likeness (QED) is 0.702. The lowest BCUT2D eigenvalue weighted by molar-refractivity contribution is -0.158. The van der Waals surface area contributed by atoms with E-state index in [-0.39, 0.29) is 23.4 Å². The molecule has 2 atom stereocenters. The molecule has 0 heterocycles. The van der Waals surface area contributed by atoms with Crippen LogP contribution in [0.5, 0.6) is 0 Å². The van der Waals surface area contributed by atoms with E-state index in [4.69, 9.17) is 4.74 Å². The van der Waals surface area contributed by atoms with E-state index < -0.39 is 0 Å². The number of rotatable bonds is 5. The molecule has 0 spiro atoms. The van der Waals surface area contributed by atoms with Crippen molar-refractivity contribution in [1.29, 1.82) is 0 Å². The Bertz CT molecular complexity index is 426. The molecule has 1 aromatic rings. The molecule has 112 valence electrons. The second kappa shape index (κ2) is 6.92. The minimum atomic E-state index is -0.139. The molecule has 0 aliphatic rings. The monoisotopic (exact) mass is 276 g/mol. The van der Waals surface area contributed by atoms with E-state index in [2.05, 4.69) is 58.9 Å². The van der Waals surface area contributed by atoms with Gasteiger partial charge in [0.1, 0.15) is 6.10 Å². The Morgan fingerprint density at radius 1 is 1.10 bits per heavy atom. The maximum atomic E-state index is 12.4. The molecule has 1 rings (SSSR count). The van der Waals surface area contributed by atoms with Crippen molar-refractivity contribution in [2.75, 3.05) is 0 Å². The summed E-state index contributed by atoms with van der Waals surface area (Å²) in [6.07, 6.45) is 1.47. The summed E-state index contributed by atoms with van der Waals surface area (Å²) >= 11 is 0. The predicted octanol–water partition coefficient (Wildman–Crippen LogP) is 5.06. The zero-order valence-electron chi connectivity index (χ0n) is 13.7. The highest BCUT2D eigenvalue weighted by Gasteiger charge is 2.32. The maximum absolute atomic E-state index is 12.4. The molecule has 0 amide bonds. The number of esters is 1. The second-order valence-corrected chi connectivity index (χ2v) is 6.57. The standard InChI is InChI=1S/C18H28O2/c1-7-15(18(4,5)6)17(19)20-16(8-2)14-11-9-13(3)10-12-14/h9-12,15-16H,7-8H2,1-6H3.